The van der Waals surface area contributed by atoms with Crippen molar-refractivity contribution in [3.63, 3.8) is 0 Å². The van der Waals surface area contributed by atoms with E-state index in [9.17, 15) is 18.3 Å². The molecule has 3 rings (SSSR count). The van der Waals surface area contributed by atoms with Gasteiger partial charge < -0.3 is 14.6 Å². The molecule has 6 heteroatoms. The monoisotopic (exact) mass is 420 g/mol. The molecule has 1 aliphatic rings. The zero-order valence-electron chi connectivity index (χ0n) is 16.9. The minimum Gasteiger partial charge on any atom is -0.505 e. The quantitative estimate of drug-likeness (QED) is 0.371. The molecule has 1 saturated carbocycles. The third kappa shape index (κ3) is 5.49. The molecular formula is C24H27F3O3. The average molecular weight is 420 g/mol. The molecule has 0 saturated heterocycles. The van der Waals surface area contributed by atoms with Crippen molar-refractivity contribution >= 4 is 0 Å². The SMILES string of the molecule is C=CCCCOc1ccc(C2CCC(COc3ccc(O)c(F)c3F)CC2)cc1F. The molecule has 1 fully saturated rings. The van der Waals surface area contributed by atoms with Gasteiger partial charge >= 0.3 is 0 Å². The van der Waals surface area contributed by atoms with Gasteiger partial charge in [0.1, 0.15) is 0 Å². The molecule has 2 aromatic rings. The van der Waals surface area contributed by atoms with Crippen molar-refractivity contribution in [3.8, 4) is 17.2 Å². The van der Waals surface area contributed by atoms with E-state index in [1.807, 2.05) is 12.1 Å². The molecule has 0 bridgehead atoms. The highest BCUT2D eigenvalue weighted by molar-refractivity contribution is 5.34. The van der Waals surface area contributed by atoms with E-state index in [1.165, 1.54) is 6.07 Å². The molecule has 0 spiro atoms. The fourth-order valence-corrected chi connectivity index (χ4v) is 3.80. The van der Waals surface area contributed by atoms with Crippen LogP contribution in [0.2, 0.25) is 0 Å². The highest BCUT2D eigenvalue weighted by Crippen LogP contribution is 2.37. The number of hydrogen-bond donors (Lipinski definition) is 1. The van der Waals surface area contributed by atoms with Crippen molar-refractivity contribution in [2.75, 3.05) is 13.2 Å². The van der Waals surface area contributed by atoms with Crippen molar-refractivity contribution in [3.05, 3.63) is 66.0 Å². The van der Waals surface area contributed by atoms with Gasteiger partial charge in [0.05, 0.1) is 13.2 Å². The number of benzene rings is 2. The van der Waals surface area contributed by atoms with E-state index in [2.05, 4.69) is 6.58 Å². The molecular weight excluding hydrogens is 393 g/mol. The molecule has 0 radical (unpaired) electrons. The highest BCUT2D eigenvalue weighted by atomic mass is 19.2. The molecule has 0 amide bonds. The number of ether oxygens (including phenoxy) is 2. The predicted octanol–water partition coefficient (Wildman–Crippen LogP) is 6.51. The Morgan fingerprint density at radius 3 is 2.40 bits per heavy atom. The van der Waals surface area contributed by atoms with Gasteiger partial charge in [-0.2, -0.15) is 8.78 Å². The molecule has 2 aromatic carbocycles. The van der Waals surface area contributed by atoms with Gasteiger partial charge in [-0.1, -0.05) is 12.1 Å². The Kier molecular flexibility index (Phi) is 7.66. The number of aromatic hydroxyl groups is 1. The van der Waals surface area contributed by atoms with Crippen LogP contribution in [0.25, 0.3) is 0 Å². The highest BCUT2D eigenvalue weighted by Gasteiger charge is 2.24. The Hall–Kier alpha value is -2.63. The molecule has 3 nitrogen and oxygen atoms in total. The van der Waals surface area contributed by atoms with Crippen molar-refractivity contribution in [1.82, 2.24) is 0 Å². The number of unbranched alkanes of at least 4 members (excludes halogenated alkanes) is 1. The number of phenolic OH excluding ortho intramolecular Hbond substituents is 1. The van der Waals surface area contributed by atoms with E-state index in [0.717, 1.165) is 50.2 Å². The van der Waals surface area contributed by atoms with E-state index in [4.69, 9.17) is 9.47 Å². The average Bonchev–Trinajstić information content (AvgIpc) is 2.76. The summed E-state index contributed by atoms with van der Waals surface area (Å²) < 4.78 is 52.5. The van der Waals surface area contributed by atoms with Crippen molar-refractivity contribution in [2.45, 2.75) is 44.4 Å². The summed E-state index contributed by atoms with van der Waals surface area (Å²) in [5, 5.41) is 9.17. The van der Waals surface area contributed by atoms with Gasteiger partial charge in [-0.15, -0.1) is 6.58 Å². The second-order valence-corrected chi connectivity index (χ2v) is 7.71. The fourth-order valence-electron chi connectivity index (χ4n) is 3.80. The zero-order valence-corrected chi connectivity index (χ0v) is 16.9. The number of halogens is 3. The van der Waals surface area contributed by atoms with Crippen LogP contribution in [0.15, 0.2) is 43.0 Å². The third-order valence-electron chi connectivity index (χ3n) is 5.59. The maximum absolute atomic E-state index is 14.3. The summed E-state index contributed by atoms with van der Waals surface area (Å²) >= 11 is 0. The van der Waals surface area contributed by atoms with Crippen LogP contribution >= 0.6 is 0 Å². The van der Waals surface area contributed by atoms with Crippen molar-refractivity contribution < 1.29 is 27.8 Å². The molecule has 0 unspecified atom stereocenters. The maximum atomic E-state index is 14.3. The molecule has 0 heterocycles. The minimum absolute atomic E-state index is 0.196. The maximum Gasteiger partial charge on any atom is 0.204 e. The zero-order chi connectivity index (χ0) is 21.5. The summed E-state index contributed by atoms with van der Waals surface area (Å²) in [6.07, 6.45) is 6.91. The number of allylic oxidation sites excluding steroid dienone is 1. The molecule has 30 heavy (non-hydrogen) atoms. The summed E-state index contributed by atoms with van der Waals surface area (Å²) in [5.74, 6) is -3.01. The smallest absolute Gasteiger partial charge is 0.204 e. The van der Waals surface area contributed by atoms with Gasteiger partial charge in [0.2, 0.25) is 11.6 Å². The first-order valence-corrected chi connectivity index (χ1v) is 10.3. The summed E-state index contributed by atoms with van der Waals surface area (Å²) in [6.45, 7) is 4.39. The van der Waals surface area contributed by atoms with Crippen molar-refractivity contribution in [2.24, 2.45) is 5.92 Å². The Morgan fingerprint density at radius 1 is 0.967 bits per heavy atom. The summed E-state index contributed by atoms with van der Waals surface area (Å²) in [4.78, 5) is 0. The van der Waals surface area contributed by atoms with E-state index >= 15 is 0 Å². The van der Waals surface area contributed by atoms with Gasteiger partial charge in [0, 0.05) is 0 Å². The van der Waals surface area contributed by atoms with E-state index in [-0.39, 0.29) is 35.8 Å². The molecule has 162 valence electrons. The summed E-state index contributed by atoms with van der Waals surface area (Å²) in [7, 11) is 0. The van der Waals surface area contributed by atoms with Crippen molar-refractivity contribution in [1.29, 1.82) is 0 Å². The first-order valence-electron chi connectivity index (χ1n) is 10.3. The molecule has 1 N–H and O–H groups in total. The number of hydrogen-bond acceptors (Lipinski definition) is 3. The Labute approximate surface area is 175 Å². The molecule has 0 atom stereocenters. The molecule has 0 aromatic heterocycles. The lowest BCUT2D eigenvalue weighted by Crippen LogP contribution is -2.19. The fraction of sp³-hybridized carbons (Fsp3) is 0.417. The Bertz CT molecular complexity index is 861. The van der Waals surface area contributed by atoms with Crippen LogP contribution in [0, 0.1) is 23.4 Å². The van der Waals surface area contributed by atoms with Crippen LogP contribution in [0.4, 0.5) is 13.2 Å². The first-order chi connectivity index (χ1) is 14.5. The molecule has 0 aliphatic heterocycles. The normalized spacial score (nSPS) is 18.8. The van der Waals surface area contributed by atoms with Crippen LogP contribution < -0.4 is 9.47 Å². The van der Waals surface area contributed by atoms with E-state index < -0.39 is 17.4 Å². The van der Waals surface area contributed by atoms with E-state index in [1.54, 1.807) is 12.1 Å². The largest absolute Gasteiger partial charge is 0.505 e. The lowest BCUT2D eigenvalue weighted by Gasteiger charge is -2.29. The Morgan fingerprint density at radius 2 is 1.70 bits per heavy atom. The second kappa shape index (κ2) is 10.4. The lowest BCUT2D eigenvalue weighted by atomic mass is 9.79. The third-order valence-corrected chi connectivity index (χ3v) is 5.59. The number of rotatable bonds is 9. The minimum atomic E-state index is -1.30. The predicted molar refractivity (Wildman–Crippen MR) is 110 cm³/mol. The second-order valence-electron chi connectivity index (χ2n) is 7.71. The van der Waals surface area contributed by atoms with Gasteiger partial charge in [-0.05, 0) is 80.2 Å². The van der Waals surface area contributed by atoms with Crippen LogP contribution in [0.1, 0.15) is 50.0 Å². The summed E-state index contributed by atoms with van der Waals surface area (Å²) in [5.41, 5.74) is 0.956. The van der Waals surface area contributed by atoms with Crippen LogP contribution in [0.3, 0.4) is 0 Å². The van der Waals surface area contributed by atoms with Gasteiger partial charge in [0.15, 0.2) is 23.1 Å². The molecule has 1 aliphatic carbocycles. The van der Waals surface area contributed by atoms with Crippen LogP contribution in [0.5, 0.6) is 17.2 Å². The van der Waals surface area contributed by atoms with Gasteiger partial charge in [0.25, 0.3) is 0 Å². The number of phenols is 1. The van der Waals surface area contributed by atoms with E-state index in [0.29, 0.717) is 6.61 Å². The summed E-state index contributed by atoms with van der Waals surface area (Å²) in [6, 6.07) is 7.46. The van der Waals surface area contributed by atoms with Crippen LogP contribution in [-0.4, -0.2) is 18.3 Å². The standard InChI is InChI=1S/C24H27F3O3/c1-2-3-4-13-29-21-11-9-18(14-19(21)25)17-7-5-16(6-8-17)15-30-22-12-10-20(28)23(26)24(22)27/h2,9-12,14,16-17,28H,1,3-8,13,15H2. The Balaban J connectivity index is 1.49. The van der Waals surface area contributed by atoms with Gasteiger partial charge in [-0.25, -0.2) is 4.39 Å². The first kappa shape index (κ1) is 22.1. The van der Waals surface area contributed by atoms with Crippen LogP contribution in [-0.2, 0) is 0 Å². The topological polar surface area (TPSA) is 38.7 Å². The van der Waals surface area contributed by atoms with Gasteiger partial charge in [-0.3, -0.25) is 0 Å². The lowest BCUT2D eigenvalue weighted by molar-refractivity contribution is 0.192.